The molecule has 38 heavy (non-hydrogen) atoms. The topological polar surface area (TPSA) is 103 Å². The smallest absolute Gasteiger partial charge is 0.387 e. The number of likely N-dealkylation sites (tertiary alicyclic amines) is 1. The monoisotopic (exact) mass is 523 g/mol. The Hall–Kier alpha value is -3.82. The molecule has 1 unspecified atom stereocenters. The van der Waals surface area contributed by atoms with E-state index in [9.17, 15) is 13.6 Å². The highest BCUT2D eigenvalue weighted by atomic mass is 19.3. The number of anilines is 1. The standard InChI is InChI=1S/C28H31F2N5O3/c1-16(19-11-20(37-3)14-21(12-19)38-27(29)30)26(36)35-10-7-28(15-23(28)35)6-5-18-13-22(17(2)34-24(18)31)25-32-8-4-9-33-25/h4,8-9,11-14,16,23,27H,5-7,10,15H2,1-3H3,(H2,31,34)/t16-,23?,28+/m0/s1. The maximum Gasteiger partial charge on any atom is 0.387 e. The van der Waals surface area contributed by atoms with Gasteiger partial charge in [0.05, 0.1) is 18.7 Å². The molecule has 2 N–H and O–H groups in total. The van der Waals surface area contributed by atoms with Gasteiger partial charge >= 0.3 is 6.61 Å². The molecule has 1 saturated heterocycles. The van der Waals surface area contributed by atoms with Gasteiger partial charge in [-0.25, -0.2) is 15.0 Å². The molecule has 0 radical (unpaired) electrons. The van der Waals surface area contributed by atoms with Crippen molar-refractivity contribution < 1.29 is 23.0 Å². The molecule has 1 aromatic carbocycles. The van der Waals surface area contributed by atoms with Crippen LogP contribution in [0.4, 0.5) is 14.6 Å². The molecule has 5 rings (SSSR count). The number of piperidine rings is 1. The van der Waals surface area contributed by atoms with Gasteiger partial charge in [0.25, 0.3) is 0 Å². The zero-order chi connectivity index (χ0) is 27.0. The molecule has 1 saturated carbocycles. The van der Waals surface area contributed by atoms with Gasteiger partial charge in [-0.3, -0.25) is 4.79 Å². The normalized spacial score (nSPS) is 20.8. The van der Waals surface area contributed by atoms with Gasteiger partial charge in [0.15, 0.2) is 5.82 Å². The minimum atomic E-state index is -2.96. The van der Waals surface area contributed by atoms with E-state index in [4.69, 9.17) is 10.5 Å². The van der Waals surface area contributed by atoms with Crippen molar-refractivity contribution >= 4 is 11.7 Å². The number of aromatic nitrogens is 3. The van der Waals surface area contributed by atoms with Crippen molar-refractivity contribution in [1.82, 2.24) is 19.9 Å². The molecule has 3 aromatic rings. The van der Waals surface area contributed by atoms with Crippen LogP contribution in [-0.4, -0.2) is 52.1 Å². The number of aryl methyl sites for hydroxylation is 2. The van der Waals surface area contributed by atoms with E-state index in [1.807, 2.05) is 17.9 Å². The van der Waals surface area contributed by atoms with Crippen molar-refractivity contribution in [2.24, 2.45) is 5.41 Å². The number of amides is 1. The van der Waals surface area contributed by atoms with Gasteiger partial charge in [-0.1, -0.05) is 0 Å². The number of fused-ring (bicyclic) bond motifs is 1. The van der Waals surface area contributed by atoms with Crippen LogP contribution in [-0.2, 0) is 11.2 Å². The van der Waals surface area contributed by atoms with E-state index in [2.05, 4.69) is 19.7 Å². The SMILES string of the molecule is COc1cc(OC(F)F)cc([C@H](C)C(=O)N2CC[C@]3(CCc4cc(-c5ncccn5)c(C)nc4N)CC23)c1. The fraction of sp³-hybridized carbons (Fsp3) is 0.429. The number of hydrogen-bond acceptors (Lipinski definition) is 7. The number of rotatable bonds is 9. The largest absolute Gasteiger partial charge is 0.497 e. The molecule has 8 nitrogen and oxygen atoms in total. The number of nitrogens with two attached hydrogens (primary N) is 1. The third-order valence-corrected chi connectivity index (χ3v) is 7.91. The lowest BCUT2D eigenvalue weighted by Crippen LogP contribution is -2.34. The minimum Gasteiger partial charge on any atom is -0.497 e. The highest BCUT2D eigenvalue weighted by Gasteiger charge is 2.61. The Labute approximate surface area is 220 Å². The van der Waals surface area contributed by atoms with Crippen molar-refractivity contribution in [3.05, 3.63) is 59.5 Å². The fourth-order valence-electron chi connectivity index (χ4n) is 5.63. The molecule has 2 aliphatic rings. The van der Waals surface area contributed by atoms with E-state index in [0.717, 1.165) is 42.5 Å². The van der Waals surface area contributed by atoms with E-state index in [1.165, 1.54) is 19.2 Å². The lowest BCUT2D eigenvalue weighted by molar-refractivity contribution is -0.132. The van der Waals surface area contributed by atoms with Crippen molar-refractivity contribution in [2.45, 2.75) is 58.1 Å². The summed E-state index contributed by atoms with van der Waals surface area (Å²) in [5.74, 6) is 0.922. The number of ether oxygens (including phenoxy) is 2. The summed E-state index contributed by atoms with van der Waals surface area (Å²) in [5, 5.41) is 0. The summed E-state index contributed by atoms with van der Waals surface area (Å²) in [6.07, 6.45) is 6.91. The molecule has 3 heterocycles. The zero-order valence-electron chi connectivity index (χ0n) is 21.7. The maximum atomic E-state index is 13.5. The Morgan fingerprint density at radius 3 is 2.63 bits per heavy atom. The summed E-state index contributed by atoms with van der Waals surface area (Å²) in [6.45, 7) is 1.40. The average molecular weight is 524 g/mol. The van der Waals surface area contributed by atoms with Gasteiger partial charge in [0.2, 0.25) is 5.91 Å². The molecule has 2 aromatic heterocycles. The summed E-state index contributed by atoms with van der Waals surface area (Å²) in [7, 11) is 1.45. The number of methoxy groups -OCH3 is 1. The fourth-order valence-corrected chi connectivity index (χ4v) is 5.63. The quantitative estimate of drug-likeness (QED) is 0.431. The third kappa shape index (κ3) is 4.99. The summed E-state index contributed by atoms with van der Waals surface area (Å²) in [6, 6.07) is 8.53. The summed E-state index contributed by atoms with van der Waals surface area (Å²) >= 11 is 0. The van der Waals surface area contributed by atoms with Gasteiger partial charge < -0.3 is 20.1 Å². The molecule has 3 atom stereocenters. The van der Waals surface area contributed by atoms with Gasteiger partial charge in [-0.05, 0) is 80.3 Å². The number of carbonyl (C=O) groups is 1. The Bertz CT molecular complexity index is 1340. The molecular formula is C28H31F2N5O3. The summed E-state index contributed by atoms with van der Waals surface area (Å²) in [5.41, 5.74) is 9.52. The number of carbonyl (C=O) groups excluding carboxylic acids is 1. The van der Waals surface area contributed by atoms with Crippen LogP contribution in [0.3, 0.4) is 0 Å². The number of alkyl halides is 2. The van der Waals surface area contributed by atoms with Crippen LogP contribution in [0.5, 0.6) is 11.5 Å². The first-order valence-corrected chi connectivity index (χ1v) is 12.7. The summed E-state index contributed by atoms with van der Waals surface area (Å²) < 4.78 is 35.4. The molecule has 1 aliphatic carbocycles. The number of hydrogen-bond donors (Lipinski definition) is 1. The highest BCUT2D eigenvalue weighted by Crippen LogP contribution is 2.60. The molecule has 1 aliphatic heterocycles. The van der Waals surface area contributed by atoms with Crippen molar-refractivity contribution in [3.8, 4) is 22.9 Å². The van der Waals surface area contributed by atoms with Gasteiger partial charge in [-0.2, -0.15) is 8.78 Å². The van der Waals surface area contributed by atoms with Crippen molar-refractivity contribution in [2.75, 3.05) is 19.4 Å². The Morgan fingerprint density at radius 2 is 1.95 bits per heavy atom. The van der Waals surface area contributed by atoms with Crippen LogP contribution in [0.25, 0.3) is 11.4 Å². The number of benzene rings is 1. The highest BCUT2D eigenvalue weighted by molar-refractivity contribution is 5.85. The molecule has 2 fully saturated rings. The lowest BCUT2D eigenvalue weighted by atomic mass is 9.94. The van der Waals surface area contributed by atoms with Crippen LogP contribution < -0.4 is 15.2 Å². The predicted octanol–water partition coefficient (Wildman–Crippen LogP) is 4.77. The molecular weight excluding hydrogens is 492 g/mol. The first-order chi connectivity index (χ1) is 18.2. The van der Waals surface area contributed by atoms with E-state index >= 15 is 0 Å². The second kappa shape index (κ2) is 10.2. The van der Waals surface area contributed by atoms with Crippen LogP contribution in [0.2, 0.25) is 0 Å². The predicted molar refractivity (Wildman–Crippen MR) is 138 cm³/mol. The van der Waals surface area contributed by atoms with E-state index in [1.54, 1.807) is 31.5 Å². The summed E-state index contributed by atoms with van der Waals surface area (Å²) in [4.78, 5) is 28.7. The number of nitrogens with zero attached hydrogens (tertiary/aromatic N) is 4. The van der Waals surface area contributed by atoms with E-state index < -0.39 is 12.5 Å². The second-order valence-electron chi connectivity index (χ2n) is 10.1. The van der Waals surface area contributed by atoms with Crippen LogP contribution in [0.15, 0.2) is 42.7 Å². The minimum absolute atomic E-state index is 0.0225. The first-order valence-electron chi connectivity index (χ1n) is 12.7. The number of nitrogen functional groups attached to an aromatic ring is 1. The van der Waals surface area contributed by atoms with Gasteiger partial charge in [-0.15, -0.1) is 0 Å². The molecule has 1 amide bonds. The van der Waals surface area contributed by atoms with Crippen LogP contribution >= 0.6 is 0 Å². The lowest BCUT2D eigenvalue weighted by Gasteiger charge is -2.23. The van der Waals surface area contributed by atoms with E-state index in [0.29, 0.717) is 29.5 Å². The number of halogens is 2. The average Bonchev–Trinajstić information content (AvgIpc) is 3.50. The maximum absolute atomic E-state index is 13.5. The van der Waals surface area contributed by atoms with Gasteiger partial charge in [0, 0.05) is 36.6 Å². The van der Waals surface area contributed by atoms with E-state index in [-0.39, 0.29) is 23.1 Å². The van der Waals surface area contributed by atoms with Crippen LogP contribution in [0, 0.1) is 12.3 Å². The number of pyridine rings is 1. The van der Waals surface area contributed by atoms with Gasteiger partial charge in [0.1, 0.15) is 17.3 Å². The molecule has 200 valence electrons. The van der Waals surface area contributed by atoms with Crippen molar-refractivity contribution in [3.63, 3.8) is 0 Å². The molecule has 10 heteroatoms. The zero-order valence-corrected chi connectivity index (χ0v) is 21.7. The Kier molecular flexibility index (Phi) is 6.90. The van der Waals surface area contributed by atoms with Crippen LogP contribution in [0.1, 0.15) is 48.9 Å². The van der Waals surface area contributed by atoms with Crippen molar-refractivity contribution in [1.29, 1.82) is 0 Å². The second-order valence-corrected chi connectivity index (χ2v) is 10.1. The third-order valence-electron chi connectivity index (χ3n) is 7.91. The molecule has 0 spiro atoms. The first kappa shape index (κ1) is 25.8. The molecule has 0 bridgehead atoms. The Balaban J connectivity index is 1.27. The Morgan fingerprint density at radius 1 is 1.21 bits per heavy atom.